The van der Waals surface area contributed by atoms with E-state index in [-0.39, 0.29) is 11.5 Å². The number of aromatic nitrogens is 2. The molecule has 3 N–H and O–H groups in total. The molecule has 0 saturated carbocycles. The van der Waals surface area contributed by atoms with Gasteiger partial charge in [-0.05, 0) is 24.5 Å². The van der Waals surface area contributed by atoms with E-state index in [9.17, 15) is 14.0 Å². The molecule has 0 saturated heterocycles. The third-order valence-electron chi connectivity index (χ3n) is 3.04. The van der Waals surface area contributed by atoms with Crippen LogP contribution in [-0.2, 0) is 4.79 Å². The number of nitrogens with zero attached hydrogens (tertiary/aromatic N) is 1. The molecule has 0 radical (unpaired) electrons. The van der Waals surface area contributed by atoms with Crippen molar-refractivity contribution in [2.24, 2.45) is 5.92 Å². The number of H-pyrrole nitrogens is 1. The van der Waals surface area contributed by atoms with Gasteiger partial charge in [0, 0.05) is 0 Å². The van der Waals surface area contributed by atoms with Crippen LogP contribution in [0.3, 0.4) is 0 Å². The number of benzene rings is 1. The number of hydrogen-bond donors (Lipinski definition) is 3. The van der Waals surface area contributed by atoms with E-state index in [1.165, 1.54) is 12.4 Å². The summed E-state index contributed by atoms with van der Waals surface area (Å²) in [6.07, 6.45) is 1.64. The van der Waals surface area contributed by atoms with Crippen molar-refractivity contribution in [3.8, 4) is 0 Å². The summed E-state index contributed by atoms with van der Waals surface area (Å²) in [7, 11) is 0. The van der Waals surface area contributed by atoms with Crippen LogP contribution in [0.5, 0.6) is 0 Å². The van der Waals surface area contributed by atoms with Gasteiger partial charge in [-0.1, -0.05) is 13.8 Å². The highest BCUT2D eigenvalue weighted by Crippen LogP contribution is 2.17. The van der Waals surface area contributed by atoms with Crippen LogP contribution in [0.1, 0.15) is 30.6 Å². The minimum atomic E-state index is -1.12. The van der Waals surface area contributed by atoms with E-state index < -0.39 is 23.7 Å². The summed E-state index contributed by atoms with van der Waals surface area (Å²) in [4.78, 5) is 30.1. The topological polar surface area (TPSA) is 95.1 Å². The van der Waals surface area contributed by atoms with Gasteiger partial charge in [0.05, 0.1) is 17.4 Å². The van der Waals surface area contributed by atoms with E-state index >= 15 is 0 Å². The number of halogens is 1. The van der Waals surface area contributed by atoms with Crippen molar-refractivity contribution in [1.82, 2.24) is 15.3 Å². The Labute approximate surface area is 120 Å². The Bertz CT molecular complexity index is 681. The lowest BCUT2D eigenvalue weighted by molar-refractivity contribution is -0.139. The number of aromatic amines is 1. The quantitative estimate of drug-likeness (QED) is 0.785. The van der Waals surface area contributed by atoms with Crippen LogP contribution >= 0.6 is 0 Å². The van der Waals surface area contributed by atoms with Crippen molar-refractivity contribution in [3.05, 3.63) is 29.8 Å². The molecule has 7 heteroatoms. The van der Waals surface area contributed by atoms with E-state index in [0.717, 1.165) is 6.07 Å². The van der Waals surface area contributed by atoms with Crippen LogP contribution in [0.2, 0.25) is 0 Å². The van der Waals surface area contributed by atoms with Crippen molar-refractivity contribution >= 4 is 22.9 Å². The lowest BCUT2D eigenvalue weighted by Crippen LogP contribution is -2.41. The largest absolute Gasteiger partial charge is 0.480 e. The molecule has 0 aliphatic heterocycles. The van der Waals surface area contributed by atoms with E-state index in [4.69, 9.17) is 5.11 Å². The summed E-state index contributed by atoms with van der Waals surface area (Å²) in [5.41, 5.74) is 0.708. The summed E-state index contributed by atoms with van der Waals surface area (Å²) in [6, 6.07) is 1.25. The zero-order valence-electron chi connectivity index (χ0n) is 11.7. The molecule has 112 valence electrons. The Kier molecular flexibility index (Phi) is 4.21. The number of carbonyl (C=O) groups excluding carboxylic acids is 1. The molecule has 21 heavy (non-hydrogen) atoms. The fraction of sp³-hybridized carbons (Fsp3) is 0.357. The first-order valence-electron chi connectivity index (χ1n) is 6.54. The maximum atomic E-state index is 13.5. The van der Waals surface area contributed by atoms with Gasteiger partial charge in [0.2, 0.25) is 0 Å². The van der Waals surface area contributed by atoms with Crippen LogP contribution in [0.4, 0.5) is 4.39 Å². The van der Waals surface area contributed by atoms with Crippen molar-refractivity contribution in [2.45, 2.75) is 26.3 Å². The molecule has 1 aromatic heterocycles. The zero-order valence-corrected chi connectivity index (χ0v) is 11.7. The molecule has 0 fully saturated rings. The number of imidazole rings is 1. The van der Waals surface area contributed by atoms with Crippen LogP contribution < -0.4 is 5.32 Å². The molecule has 0 bridgehead atoms. The Morgan fingerprint density at radius 1 is 1.43 bits per heavy atom. The summed E-state index contributed by atoms with van der Waals surface area (Å²) < 4.78 is 13.5. The average molecular weight is 293 g/mol. The lowest BCUT2D eigenvalue weighted by Gasteiger charge is -2.16. The van der Waals surface area contributed by atoms with Crippen LogP contribution in [0.25, 0.3) is 11.0 Å². The Balaban J connectivity index is 2.29. The molecule has 2 aromatic rings. The number of aliphatic carboxylic acids is 1. The predicted molar refractivity (Wildman–Crippen MR) is 74.4 cm³/mol. The van der Waals surface area contributed by atoms with Gasteiger partial charge in [0.15, 0.2) is 0 Å². The van der Waals surface area contributed by atoms with Crippen molar-refractivity contribution in [2.75, 3.05) is 0 Å². The molecule has 1 atom stereocenters. The summed E-state index contributed by atoms with van der Waals surface area (Å²) in [6.45, 7) is 3.71. The first-order valence-corrected chi connectivity index (χ1v) is 6.54. The number of carboxylic acid groups (broad SMARTS) is 1. The predicted octanol–water partition coefficient (Wildman–Crippen LogP) is 1.93. The summed E-state index contributed by atoms with van der Waals surface area (Å²) in [5, 5.41) is 11.5. The standard InChI is InChI=1S/C14H16FN3O3/c1-7(2)3-11(14(20)21)18-13(19)9-4-8(15)5-10-12(9)17-6-16-10/h4-7,11H,3H2,1-2H3,(H,16,17)(H,18,19)(H,20,21)/t11-/m1/s1. The Morgan fingerprint density at radius 2 is 2.14 bits per heavy atom. The SMILES string of the molecule is CC(C)C[C@@H](NC(=O)c1cc(F)cc2[nH]cnc12)C(=O)O. The number of nitrogens with one attached hydrogen (secondary N) is 2. The highest BCUT2D eigenvalue weighted by molar-refractivity contribution is 6.05. The number of carbonyl (C=O) groups is 2. The van der Waals surface area contributed by atoms with E-state index in [0.29, 0.717) is 17.5 Å². The van der Waals surface area contributed by atoms with Crippen molar-refractivity contribution < 1.29 is 19.1 Å². The third kappa shape index (κ3) is 3.36. The highest BCUT2D eigenvalue weighted by atomic mass is 19.1. The second kappa shape index (κ2) is 5.90. The molecule has 0 spiro atoms. The first kappa shape index (κ1) is 15.0. The zero-order chi connectivity index (χ0) is 15.6. The number of fused-ring (bicyclic) bond motifs is 1. The fourth-order valence-corrected chi connectivity index (χ4v) is 2.12. The molecule has 1 heterocycles. The first-order chi connectivity index (χ1) is 9.88. The minimum absolute atomic E-state index is 0.0151. The van der Waals surface area contributed by atoms with Crippen molar-refractivity contribution in [3.63, 3.8) is 0 Å². The van der Waals surface area contributed by atoms with Gasteiger partial charge in [0.25, 0.3) is 5.91 Å². The van der Waals surface area contributed by atoms with Gasteiger partial charge in [-0.25, -0.2) is 14.2 Å². The summed E-state index contributed by atoms with van der Waals surface area (Å²) >= 11 is 0. The van der Waals surface area contributed by atoms with E-state index in [2.05, 4.69) is 15.3 Å². The maximum Gasteiger partial charge on any atom is 0.326 e. The van der Waals surface area contributed by atoms with Crippen LogP contribution in [0, 0.1) is 11.7 Å². The number of hydrogen-bond acceptors (Lipinski definition) is 3. The molecule has 1 amide bonds. The van der Waals surface area contributed by atoms with Crippen LogP contribution in [0.15, 0.2) is 18.5 Å². The van der Waals surface area contributed by atoms with Crippen LogP contribution in [-0.4, -0.2) is 33.0 Å². The van der Waals surface area contributed by atoms with Gasteiger partial charge in [0.1, 0.15) is 17.4 Å². The maximum absolute atomic E-state index is 13.5. The number of rotatable bonds is 5. The molecule has 2 rings (SSSR count). The molecular weight excluding hydrogens is 277 g/mol. The summed E-state index contributed by atoms with van der Waals surface area (Å²) in [5.74, 6) is -2.26. The second-order valence-corrected chi connectivity index (χ2v) is 5.25. The van der Waals surface area contributed by atoms with E-state index in [1.54, 1.807) is 0 Å². The monoisotopic (exact) mass is 293 g/mol. The molecular formula is C14H16FN3O3. The van der Waals surface area contributed by atoms with Gasteiger partial charge in [-0.2, -0.15) is 0 Å². The third-order valence-corrected chi connectivity index (χ3v) is 3.04. The smallest absolute Gasteiger partial charge is 0.326 e. The molecule has 0 aliphatic rings. The molecule has 0 aliphatic carbocycles. The lowest BCUT2D eigenvalue weighted by atomic mass is 10.0. The number of amides is 1. The fourth-order valence-electron chi connectivity index (χ4n) is 2.12. The van der Waals surface area contributed by atoms with Gasteiger partial charge in [-0.15, -0.1) is 0 Å². The Morgan fingerprint density at radius 3 is 2.76 bits per heavy atom. The van der Waals surface area contributed by atoms with Gasteiger partial charge in [-0.3, -0.25) is 4.79 Å². The van der Waals surface area contributed by atoms with Crippen molar-refractivity contribution in [1.29, 1.82) is 0 Å². The molecule has 0 unspecified atom stereocenters. The number of carboxylic acids is 1. The average Bonchev–Trinajstić information content (AvgIpc) is 2.83. The normalized spacial score (nSPS) is 12.6. The van der Waals surface area contributed by atoms with Gasteiger partial charge < -0.3 is 15.4 Å². The minimum Gasteiger partial charge on any atom is -0.480 e. The second-order valence-electron chi connectivity index (χ2n) is 5.25. The molecule has 6 nitrogen and oxygen atoms in total. The van der Waals surface area contributed by atoms with E-state index in [1.807, 2.05) is 13.8 Å². The highest BCUT2D eigenvalue weighted by Gasteiger charge is 2.23. The van der Waals surface area contributed by atoms with Gasteiger partial charge >= 0.3 is 5.97 Å². The molecule has 1 aromatic carbocycles. The Hall–Kier alpha value is -2.44.